The van der Waals surface area contributed by atoms with Crippen molar-refractivity contribution in [1.29, 1.82) is 0 Å². The van der Waals surface area contributed by atoms with Crippen LogP contribution in [0.3, 0.4) is 0 Å². The molecular formula is C9H16ClNO2. The van der Waals surface area contributed by atoms with Crippen molar-refractivity contribution in [2.75, 3.05) is 6.61 Å². The Morgan fingerprint density at radius 3 is 2.46 bits per heavy atom. The van der Waals surface area contributed by atoms with Gasteiger partial charge in [-0.3, -0.25) is 4.79 Å². The number of esters is 1. The molecule has 0 fully saturated rings. The number of nitrogens with two attached hydrogens (primary N) is 1. The zero-order chi connectivity index (χ0) is 9.78. The predicted octanol–water partition coefficient (Wildman–Crippen LogP) is 0.958. The molecule has 76 valence electrons. The maximum atomic E-state index is 11.1. The Hall–Kier alpha value is -0.720. The molecule has 0 aromatic rings. The molecule has 0 saturated carbocycles. The van der Waals surface area contributed by atoms with Crippen LogP contribution in [0, 0.1) is 17.8 Å². The lowest BCUT2D eigenvalue weighted by Crippen LogP contribution is -2.44. The third-order valence-corrected chi connectivity index (χ3v) is 1.69. The average Bonchev–Trinajstić information content (AvgIpc) is 2.03. The van der Waals surface area contributed by atoms with E-state index in [2.05, 4.69) is 5.92 Å². The normalized spacial score (nSPS) is 12.2. The Kier molecular flexibility index (Phi) is 6.65. The van der Waals surface area contributed by atoms with Crippen molar-refractivity contribution in [2.45, 2.75) is 26.8 Å². The Bertz CT molecular complexity index is 208. The summed E-state index contributed by atoms with van der Waals surface area (Å²) in [5, 5.41) is 0. The molecule has 0 aliphatic carbocycles. The standard InChI is InChI=1S/C9H15NO2.ClH/c1-5-9(3,4)7(10)8(11)12-6-2;/h1,7H,6,10H2,2-4H3;1H. The Morgan fingerprint density at radius 2 is 2.15 bits per heavy atom. The van der Waals surface area contributed by atoms with Crippen molar-refractivity contribution in [3.8, 4) is 12.3 Å². The third-order valence-electron chi connectivity index (χ3n) is 1.69. The SMILES string of the molecule is C#CC(C)(C)C(N)C(=O)OCC.Cl. The molecule has 0 aliphatic rings. The second-order valence-corrected chi connectivity index (χ2v) is 3.10. The van der Waals surface area contributed by atoms with E-state index in [4.69, 9.17) is 16.9 Å². The summed E-state index contributed by atoms with van der Waals surface area (Å²) >= 11 is 0. The first-order chi connectivity index (χ1) is 5.45. The van der Waals surface area contributed by atoms with Gasteiger partial charge in [0.05, 0.1) is 12.0 Å². The van der Waals surface area contributed by atoms with Crippen LogP contribution in [0.1, 0.15) is 20.8 Å². The first-order valence-electron chi connectivity index (χ1n) is 3.85. The fraction of sp³-hybridized carbons (Fsp3) is 0.667. The van der Waals surface area contributed by atoms with Gasteiger partial charge in [0.25, 0.3) is 0 Å². The van der Waals surface area contributed by atoms with Crippen LogP contribution in [-0.4, -0.2) is 18.6 Å². The number of carbonyl (C=O) groups excluding carboxylic acids is 1. The number of rotatable bonds is 3. The molecule has 1 unspecified atom stereocenters. The van der Waals surface area contributed by atoms with E-state index < -0.39 is 17.4 Å². The number of hydrogen-bond acceptors (Lipinski definition) is 3. The molecule has 0 aliphatic heterocycles. The van der Waals surface area contributed by atoms with Crippen LogP contribution < -0.4 is 5.73 Å². The number of ether oxygens (including phenoxy) is 1. The highest BCUT2D eigenvalue weighted by Gasteiger charge is 2.31. The van der Waals surface area contributed by atoms with Gasteiger partial charge in [-0.2, -0.15) is 0 Å². The second kappa shape index (κ2) is 5.85. The van der Waals surface area contributed by atoms with E-state index in [9.17, 15) is 4.79 Å². The van der Waals surface area contributed by atoms with E-state index in [1.54, 1.807) is 20.8 Å². The molecule has 0 aromatic carbocycles. The number of carbonyl (C=O) groups is 1. The highest BCUT2D eigenvalue weighted by atomic mass is 35.5. The summed E-state index contributed by atoms with van der Waals surface area (Å²) in [6, 6.07) is -0.748. The van der Waals surface area contributed by atoms with Gasteiger partial charge in [-0.1, -0.05) is 5.92 Å². The Balaban J connectivity index is 0. The smallest absolute Gasteiger partial charge is 0.324 e. The first-order valence-corrected chi connectivity index (χ1v) is 3.85. The third kappa shape index (κ3) is 4.16. The molecule has 0 rings (SSSR count). The van der Waals surface area contributed by atoms with E-state index in [0.29, 0.717) is 6.61 Å². The summed E-state index contributed by atoms with van der Waals surface area (Å²) in [5.74, 6) is 2.01. The molecular weight excluding hydrogens is 190 g/mol. The maximum Gasteiger partial charge on any atom is 0.324 e. The summed E-state index contributed by atoms with van der Waals surface area (Å²) in [4.78, 5) is 11.1. The first kappa shape index (κ1) is 14.8. The molecule has 0 radical (unpaired) electrons. The maximum absolute atomic E-state index is 11.1. The van der Waals surface area contributed by atoms with Crippen LogP contribution >= 0.6 is 12.4 Å². The lowest BCUT2D eigenvalue weighted by molar-refractivity contribution is -0.146. The quantitative estimate of drug-likeness (QED) is 0.552. The van der Waals surface area contributed by atoms with E-state index in [1.165, 1.54) is 0 Å². The Morgan fingerprint density at radius 1 is 1.69 bits per heavy atom. The molecule has 1 atom stereocenters. The van der Waals surface area contributed by atoms with Gasteiger partial charge in [0.1, 0.15) is 6.04 Å². The van der Waals surface area contributed by atoms with E-state index in [1.807, 2.05) is 0 Å². The van der Waals surface area contributed by atoms with E-state index >= 15 is 0 Å². The number of hydrogen-bond donors (Lipinski definition) is 1. The summed E-state index contributed by atoms with van der Waals surface area (Å²) in [5.41, 5.74) is 4.93. The molecule has 0 heterocycles. The Labute approximate surface area is 85.4 Å². The van der Waals surface area contributed by atoms with Crippen molar-refractivity contribution in [1.82, 2.24) is 0 Å². The average molecular weight is 206 g/mol. The van der Waals surface area contributed by atoms with Crippen molar-refractivity contribution in [2.24, 2.45) is 11.1 Å². The van der Waals surface area contributed by atoms with Gasteiger partial charge in [0.15, 0.2) is 0 Å². The molecule has 3 nitrogen and oxygen atoms in total. The topological polar surface area (TPSA) is 52.3 Å². The summed E-state index contributed by atoms with van der Waals surface area (Å²) in [6.45, 7) is 5.52. The van der Waals surface area contributed by atoms with Gasteiger partial charge in [0.2, 0.25) is 0 Å². The summed E-state index contributed by atoms with van der Waals surface area (Å²) in [6.07, 6.45) is 5.20. The monoisotopic (exact) mass is 205 g/mol. The van der Waals surface area contributed by atoms with Crippen molar-refractivity contribution >= 4 is 18.4 Å². The number of halogens is 1. The molecule has 13 heavy (non-hydrogen) atoms. The minimum Gasteiger partial charge on any atom is -0.465 e. The molecule has 0 amide bonds. The second-order valence-electron chi connectivity index (χ2n) is 3.10. The van der Waals surface area contributed by atoms with Crippen LogP contribution in [0.4, 0.5) is 0 Å². The van der Waals surface area contributed by atoms with Crippen LogP contribution in [0.2, 0.25) is 0 Å². The lowest BCUT2D eigenvalue weighted by atomic mass is 9.86. The zero-order valence-corrected chi connectivity index (χ0v) is 8.98. The highest BCUT2D eigenvalue weighted by Crippen LogP contribution is 2.18. The molecule has 0 spiro atoms. The summed E-state index contributed by atoms with van der Waals surface area (Å²) < 4.78 is 4.73. The van der Waals surface area contributed by atoms with Gasteiger partial charge in [-0.05, 0) is 20.8 Å². The number of terminal acetylenes is 1. The summed E-state index contributed by atoms with van der Waals surface area (Å²) in [7, 11) is 0. The van der Waals surface area contributed by atoms with E-state index in [-0.39, 0.29) is 12.4 Å². The van der Waals surface area contributed by atoms with Crippen LogP contribution in [0.5, 0.6) is 0 Å². The van der Waals surface area contributed by atoms with Crippen LogP contribution in [-0.2, 0) is 9.53 Å². The van der Waals surface area contributed by atoms with Gasteiger partial charge < -0.3 is 10.5 Å². The molecule has 2 N–H and O–H groups in total. The predicted molar refractivity (Wildman–Crippen MR) is 54.5 cm³/mol. The van der Waals surface area contributed by atoms with Crippen LogP contribution in [0.15, 0.2) is 0 Å². The van der Waals surface area contributed by atoms with Gasteiger partial charge >= 0.3 is 5.97 Å². The molecule has 4 heteroatoms. The minimum absolute atomic E-state index is 0. The lowest BCUT2D eigenvalue weighted by Gasteiger charge is -2.23. The van der Waals surface area contributed by atoms with Gasteiger partial charge in [0, 0.05) is 0 Å². The fourth-order valence-corrected chi connectivity index (χ4v) is 0.616. The molecule has 0 saturated heterocycles. The van der Waals surface area contributed by atoms with Crippen molar-refractivity contribution in [3.63, 3.8) is 0 Å². The minimum atomic E-state index is -0.748. The van der Waals surface area contributed by atoms with Gasteiger partial charge in [-0.25, -0.2) is 0 Å². The van der Waals surface area contributed by atoms with Crippen molar-refractivity contribution < 1.29 is 9.53 Å². The van der Waals surface area contributed by atoms with Crippen LogP contribution in [0.25, 0.3) is 0 Å². The fourth-order valence-electron chi connectivity index (χ4n) is 0.616. The van der Waals surface area contributed by atoms with Crippen molar-refractivity contribution in [3.05, 3.63) is 0 Å². The molecule has 0 aromatic heterocycles. The molecule has 0 bridgehead atoms. The van der Waals surface area contributed by atoms with Gasteiger partial charge in [-0.15, -0.1) is 18.8 Å². The highest BCUT2D eigenvalue weighted by molar-refractivity contribution is 5.85. The largest absolute Gasteiger partial charge is 0.465 e. The zero-order valence-electron chi connectivity index (χ0n) is 8.16. The van der Waals surface area contributed by atoms with E-state index in [0.717, 1.165) is 0 Å².